The van der Waals surface area contributed by atoms with Crippen LogP contribution in [0.4, 0.5) is 0 Å². The second-order valence-corrected chi connectivity index (χ2v) is 4.73. The summed E-state index contributed by atoms with van der Waals surface area (Å²) in [5.41, 5.74) is 1.03. The van der Waals surface area contributed by atoms with Crippen LogP contribution in [0.15, 0.2) is 24.3 Å². The van der Waals surface area contributed by atoms with Crippen LogP contribution in [0.5, 0.6) is 0 Å². The molecule has 1 aliphatic rings. The summed E-state index contributed by atoms with van der Waals surface area (Å²) in [6.45, 7) is 1.24. The minimum Gasteiger partial charge on any atom is -0.478 e. The molecule has 1 saturated heterocycles. The highest BCUT2D eigenvalue weighted by Crippen LogP contribution is 2.08. The van der Waals surface area contributed by atoms with Gasteiger partial charge in [-0.2, -0.15) is 0 Å². The van der Waals surface area contributed by atoms with Crippen molar-refractivity contribution in [3.8, 4) is 0 Å². The van der Waals surface area contributed by atoms with Gasteiger partial charge >= 0.3 is 5.97 Å². The Hall–Kier alpha value is -1.88. The number of carbonyl (C=O) groups is 2. The fraction of sp³-hybridized carbons (Fsp3) is 0.429. The smallest absolute Gasteiger partial charge is 0.335 e. The molecule has 1 heterocycles. The molecule has 2 rings (SSSR count). The van der Waals surface area contributed by atoms with Gasteiger partial charge in [0.2, 0.25) is 5.91 Å². The molecule has 0 saturated carbocycles. The van der Waals surface area contributed by atoms with Crippen LogP contribution < -0.4 is 10.6 Å². The van der Waals surface area contributed by atoms with E-state index in [0.717, 1.165) is 31.4 Å². The largest absolute Gasteiger partial charge is 0.478 e. The maximum Gasteiger partial charge on any atom is 0.335 e. The normalized spacial score (nSPS) is 18.8. The van der Waals surface area contributed by atoms with E-state index < -0.39 is 5.97 Å². The van der Waals surface area contributed by atoms with Gasteiger partial charge in [-0.3, -0.25) is 4.79 Å². The molecule has 0 aliphatic carbocycles. The predicted molar refractivity (Wildman–Crippen MR) is 70.9 cm³/mol. The zero-order valence-electron chi connectivity index (χ0n) is 10.7. The monoisotopic (exact) mass is 262 g/mol. The van der Waals surface area contributed by atoms with Crippen LogP contribution in [0.2, 0.25) is 0 Å². The average molecular weight is 262 g/mol. The first-order valence-corrected chi connectivity index (χ1v) is 6.50. The first-order valence-electron chi connectivity index (χ1n) is 6.50. The number of carboxylic acids is 1. The Kier molecular flexibility index (Phi) is 4.52. The van der Waals surface area contributed by atoms with Gasteiger partial charge < -0.3 is 15.7 Å². The third-order valence-corrected chi connectivity index (χ3v) is 3.27. The van der Waals surface area contributed by atoms with E-state index in [1.54, 1.807) is 18.2 Å². The summed E-state index contributed by atoms with van der Waals surface area (Å²) in [6.07, 6.45) is 3.05. The highest BCUT2D eigenvalue weighted by molar-refractivity contribution is 5.87. The number of hydrogen-bond acceptors (Lipinski definition) is 3. The molecule has 102 valence electrons. The van der Waals surface area contributed by atoms with Gasteiger partial charge in [-0.05, 0) is 37.1 Å². The molecule has 1 amide bonds. The molecule has 1 fully saturated rings. The molecule has 5 nitrogen and oxygen atoms in total. The quantitative estimate of drug-likeness (QED) is 0.760. The maximum absolute atomic E-state index is 11.9. The summed E-state index contributed by atoms with van der Waals surface area (Å²) in [4.78, 5) is 22.7. The third kappa shape index (κ3) is 3.79. The van der Waals surface area contributed by atoms with E-state index in [1.165, 1.54) is 6.07 Å². The number of piperidine rings is 1. The van der Waals surface area contributed by atoms with E-state index in [0.29, 0.717) is 6.54 Å². The molecule has 1 aromatic rings. The Morgan fingerprint density at radius 3 is 2.89 bits per heavy atom. The molecule has 5 heteroatoms. The fourth-order valence-corrected chi connectivity index (χ4v) is 2.20. The summed E-state index contributed by atoms with van der Waals surface area (Å²) >= 11 is 0. The van der Waals surface area contributed by atoms with Crippen molar-refractivity contribution in [1.82, 2.24) is 10.6 Å². The molecule has 1 atom stereocenters. The summed E-state index contributed by atoms with van der Waals surface area (Å²) in [5.74, 6) is -0.970. The number of aromatic carboxylic acids is 1. The average Bonchev–Trinajstić information content (AvgIpc) is 2.46. The summed E-state index contributed by atoms with van der Waals surface area (Å²) in [6, 6.07) is 6.49. The lowest BCUT2D eigenvalue weighted by Crippen LogP contribution is -2.46. The van der Waals surface area contributed by atoms with Crippen molar-refractivity contribution in [3.05, 3.63) is 35.4 Å². The van der Waals surface area contributed by atoms with Gasteiger partial charge in [0.15, 0.2) is 0 Å². The van der Waals surface area contributed by atoms with E-state index in [-0.39, 0.29) is 17.5 Å². The molecule has 3 N–H and O–H groups in total. The Morgan fingerprint density at radius 1 is 1.37 bits per heavy atom. The lowest BCUT2D eigenvalue weighted by atomic mass is 10.0. The number of rotatable bonds is 4. The Balaban J connectivity index is 1.89. The van der Waals surface area contributed by atoms with Gasteiger partial charge in [0, 0.05) is 6.54 Å². The first kappa shape index (κ1) is 13.5. The summed E-state index contributed by atoms with van der Waals surface area (Å²) < 4.78 is 0. The maximum atomic E-state index is 11.9. The van der Waals surface area contributed by atoms with E-state index in [9.17, 15) is 9.59 Å². The molecule has 0 unspecified atom stereocenters. The van der Waals surface area contributed by atoms with Gasteiger partial charge in [-0.1, -0.05) is 18.6 Å². The third-order valence-electron chi connectivity index (χ3n) is 3.27. The molecule has 0 bridgehead atoms. The standard InChI is InChI=1S/C14H18N2O3/c17-13(12-6-1-2-7-15-12)16-9-10-4-3-5-11(8-10)14(18)19/h3-5,8,12,15H,1-2,6-7,9H2,(H,16,17)(H,18,19)/t12-/m0/s1. The number of hydrogen-bond donors (Lipinski definition) is 3. The van der Waals surface area contributed by atoms with Crippen molar-refractivity contribution in [3.63, 3.8) is 0 Å². The van der Waals surface area contributed by atoms with Crippen LogP contribution in [-0.4, -0.2) is 29.6 Å². The van der Waals surface area contributed by atoms with Gasteiger partial charge in [0.05, 0.1) is 11.6 Å². The minimum atomic E-state index is -0.956. The van der Waals surface area contributed by atoms with E-state index in [4.69, 9.17) is 5.11 Å². The Labute approximate surface area is 112 Å². The van der Waals surface area contributed by atoms with Crippen molar-refractivity contribution >= 4 is 11.9 Å². The van der Waals surface area contributed by atoms with Crippen molar-refractivity contribution < 1.29 is 14.7 Å². The summed E-state index contributed by atoms with van der Waals surface area (Å²) in [5, 5.41) is 14.9. The van der Waals surface area contributed by atoms with Gasteiger partial charge in [-0.25, -0.2) is 4.79 Å². The molecule has 0 spiro atoms. The molecular formula is C14H18N2O3. The number of benzene rings is 1. The molecule has 19 heavy (non-hydrogen) atoms. The second-order valence-electron chi connectivity index (χ2n) is 4.73. The van der Waals surface area contributed by atoms with Crippen molar-refractivity contribution in [1.29, 1.82) is 0 Å². The first-order chi connectivity index (χ1) is 9.16. The van der Waals surface area contributed by atoms with Gasteiger partial charge in [0.1, 0.15) is 0 Å². The number of carboxylic acid groups (broad SMARTS) is 1. The SMILES string of the molecule is O=C(O)c1cccc(CNC(=O)[C@@H]2CCCCN2)c1. The van der Waals surface area contributed by atoms with Crippen LogP contribution in [0.25, 0.3) is 0 Å². The summed E-state index contributed by atoms with van der Waals surface area (Å²) in [7, 11) is 0. The van der Waals surface area contributed by atoms with E-state index in [2.05, 4.69) is 10.6 Å². The Bertz CT molecular complexity index is 468. The predicted octanol–water partition coefficient (Wildman–Crippen LogP) is 1.14. The topological polar surface area (TPSA) is 78.4 Å². The highest BCUT2D eigenvalue weighted by atomic mass is 16.4. The minimum absolute atomic E-state index is 0.0135. The van der Waals surface area contributed by atoms with Crippen LogP contribution in [0.1, 0.15) is 35.2 Å². The van der Waals surface area contributed by atoms with Crippen molar-refractivity contribution in [2.24, 2.45) is 0 Å². The van der Waals surface area contributed by atoms with E-state index >= 15 is 0 Å². The fourth-order valence-electron chi connectivity index (χ4n) is 2.20. The van der Waals surface area contributed by atoms with Crippen LogP contribution in [0.3, 0.4) is 0 Å². The zero-order chi connectivity index (χ0) is 13.7. The van der Waals surface area contributed by atoms with Crippen molar-refractivity contribution in [2.75, 3.05) is 6.54 Å². The number of amides is 1. The lowest BCUT2D eigenvalue weighted by Gasteiger charge is -2.22. The van der Waals surface area contributed by atoms with Crippen LogP contribution >= 0.6 is 0 Å². The number of nitrogens with one attached hydrogen (secondary N) is 2. The van der Waals surface area contributed by atoms with E-state index in [1.807, 2.05) is 0 Å². The van der Waals surface area contributed by atoms with Crippen LogP contribution in [-0.2, 0) is 11.3 Å². The van der Waals surface area contributed by atoms with Gasteiger partial charge in [-0.15, -0.1) is 0 Å². The molecular weight excluding hydrogens is 244 g/mol. The zero-order valence-corrected chi connectivity index (χ0v) is 10.7. The molecule has 1 aliphatic heterocycles. The highest BCUT2D eigenvalue weighted by Gasteiger charge is 2.19. The second kappa shape index (κ2) is 6.33. The molecule has 0 radical (unpaired) electrons. The number of carbonyl (C=O) groups excluding carboxylic acids is 1. The molecule has 0 aromatic heterocycles. The lowest BCUT2D eigenvalue weighted by molar-refractivity contribution is -0.123. The molecule has 1 aromatic carbocycles. The van der Waals surface area contributed by atoms with Gasteiger partial charge in [0.25, 0.3) is 0 Å². The van der Waals surface area contributed by atoms with Crippen LogP contribution in [0, 0.1) is 0 Å². The Morgan fingerprint density at radius 2 is 2.21 bits per heavy atom. The van der Waals surface area contributed by atoms with Crippen molar-refractivity contribution in [2.45, 2.75) is 31.8 Å².